The van der Waals surface area contributed by atoms with Crippen molar-refractivity contribution in [1.29, 1.82) is 0 Å². The third kappa shape index (κ3) is 3.34. The van der Waals surface area contributed by atoms with E-state index in [-0.39, 0.29) is 5.78 Å². The van der Waals surface area contributed by atoms with Crippen LogP contribution in [0.1, 0.15) is 55.5 Å². The van der Waals surface area contributed by atoms with Gasteiger partial charge in [0.05, 0.1) is 6.61 Å². The lowest BCUT2D eigenvalue weighted by atomic mass is 9.90. The van der Waals surface area contributed by atoms with Crippen LogP contribution in [0.2, 0.25) is 0 Å². The van der Waals surface area contributed by atoms with E-state index in [0.717, 1.165) is 43.1 Å². The molecule has 2 rings (SSSR count). The van der Waals surface area contributed by atoms with E-state index in [2.05, 4.69) is 13.8 Å². The van der Waals surface area contributed by atoms with E-state index < -0.39 is 0 Å². The Morgan fingerprint density at radius 2 is 2.11 bits per heavy atom. The summed E-state index contributed by atoms with van der Waals surface area (Å²) in [5.74, 6) is 1.83. The highest BCUT2D eigenvalue weighted by Crippen LogP contribution is 2.25. The van der Waals surface area contributed by atoms with Gasteiger partial charge in [-0.15, -0.1) is 0 Å². The molecule has 0 spiro atoms. The van der Waals surface area contributed by atoms with E-state index in [1.165, 1.54) is 12.0 Å². The summed E-state index contributed by atoms with van der Waals surface area (Å²) in [6.45, 7) is 5.18. The Hall–Kier alpha value is -1.31. The van der Waals surface area contributed by atoms with Gasteiger partial charge in [0.25, 0.3) is 0 Å². The van der Waals surface area contributed by atoms with E-state index >= 15 is 0 Å². The Kier molecular flexibility index (Phi) is 4.40. The molecular formula is C16H22O2. The van der Waals surface area contributed by atoms with Gasteiger partial charge in [0, 0.05) is 12.0 Å². The Morgan fingerprint density at radius 3 is 2.89 bits per heavy atom. The summed E-state index contributed by atoms with van der Waals surface area (Å²) in [7, 11) is 0. The fourth-order valence-electron chi connectivity index (χ4n) is 2.38. The van der Waals surface area contributed by atoms with Gasteiger partial charge in [0.15, 0.2) is 5.78 Å². The zero-order valence-electron chi connectivity index (χ0n) is 11.4. The summed E-state index contributed by atoms with van der Waals surface area (Å²) >= 11 is 0. The first-order chi connectivity index (χ1) is 8.66. The summed E-state index contributed by atoms with van der Waals surface area (Å²) in [5, 5.41) is 0. The molecule has 1 aromatic rings. The number of Topliss-reactive ketones (excluding diaryl/α,β-unsaturated/α-hetero) is 1. The molecule has 0 heterocycles. The normalized spacial score (nSPS) is 14.7. The topological polar surface area (TPSA) is 26.3 Å². The second-order valence-electron chi connectivity index (χ2n) is 5.48. The Balaban J connectivity index is 1.94. The van der Waals surface area contributed by atoms with Crippen molar-refractivity contribution in [2.45, 2.75) is 46.0 Å². The highest BCUT2D eigenvalue weighted by atomic mass is 16.5. The van der Waals surface area contributed by atoms with Gasteiger partial charge < -0.3 is 4.74 Å². The molecular weight excluding hydrogens is 224 g/mol. The average Bonchev–Trinajstić information content (AvgIpc) is 2.35. The molecule has 98 valence electrons. The molecule has 2 nitrogen and oxygen atoms in total. The molecule has 0 radical (unpaired) electrons. The number of hydrogen-bond acceptors (Lipinski definition) is 2. The molecule has 0 aliphatic heterocycles. The van der Waals surface area contributed by atoms with Gasteiger partial charge in [-0.2, -0.15) is 0 Å². The van der Waals surface area contributed by atoms with Crippen LogP contribution in [0.25, 0.3) is 0 Å². The van der Waals surface area contributed by atoms with Gasteiger partial charge in [-0.1, -0.05) is 19.9 Å². The maximum Gasteiger partial charge on any atom is 0.163 e. The van der Waals surface area contributed by atoms with Gasteiger partial charge >= 0.3 is 0 Å². The molecule has 18 heavy (non-hydrogen) atoms. The third-order valence-electron chi connectivity index (χ3n) is 3.43. The first kappa shape index (κ1) is 13.1. The van der Waals surface area contributed by atoms with Gasteiger partial charge in [-0.3, -0.25) is 4.79 Å². The second kappa shape index (κ2) is 6.03. The van der Waals surface area contributed by atoms with E-state index in [9.17, 15) is 4.79 Å². The van der Waals surface area contributed by atoms with Gasteiger partial charge in [-0.25, -0.2) is 0 Å². The maximum absolute atomic E-state index is 11.8. The fraction of sp³-hybridized carbons (Fsp3) is 0.562. The van der Waals surface area contributed by atoms with E-state index in [1.54, 1.807) is 0 Å². The lowest BCUT2D eigenvalue weighted by Gasteiger charge is -2.16. The molecule has 0 bridgehead atoms. The highest BCUT2D eigenvalue weighted by Gasteiger charge is 2.17. The summed E-state index contributed by atoms with van der Waals surface area (Å²) in [6, 6.07) is 5.96. The predicted molar refractivity (Wildman–Crippen MR) is 73.3 cm³/mol. The van der Waals surface area contributed by atoms with E-state index in [0.29, 0.717) is 6.42 Å². The smallest absolute Gasteiger partial charge is 0.163 e. The number of aryl methyl sites for hydroxylation is 1. The minimum absolute atomic E-state index is 0.267. The van der Waals surface area contributed by atoms with Crippen molar-refractivity contribution in [2.75, 3.05) is 6.61 Å². The van der Waals surface area contributed by atoms with Crippen LogP contribution in [0.4, 0.5) is 0 Å². The largest absolute Gasteiger partial charge is 0.494 e. The van der Waals surface area contributed by atoms with Gasteiger partial charge in [0.2, 0.25) is 0 Å². The van der Waals surface area contributed by atoms with Crippen molar-refractivity contribution >= 4 is 5.78 Å². The van der Waals surface area contributed by atoms with Crippen molar-refractivity contribution < 1.29 is 9.53 Å². The molecule has 0 unspecified atom stereocenters. The second-order valence-corrected chi connectivity index (χ2v) is 5.48. The fourth-order valence-corrected chi connectivity index (χ4v) is 2.38. The number of carbonyl (C=O) groups excluding carboxylic acids is 1. The molecule has 0 atom stereocenters. The summed E-state index contributed by atoms with van der Waals surface area (Å²) < 4.78 is 5.72. The van der Waals surface area contributed by atoms with Crippen LogP contribution < -0.4 is 4.74 Å². The Labute approximate surface area is 109 Å². The van der Waals surface area contributed by atoms with Crippen LogP contribution in [-0.2, 0) is 6.42 Å². The molecule has 0 saturated heterocycles. The number of fused-ring (bicyclic) bond motifs is 1. The minimum atomic E-state index is 0.267. The van der Waals surface area contributed by atoms with Gasteiger partial charge in [-0.05, 0) is 49.3 Å². The third-order valence-corrected chi connectivity index (χ3v) is 3.43. The lowest BCUT2D eigenvalue weighted by Crippen LogP contribution is -2.11. The van der Waals surface area contributed by atoms with Crippen molar-refractivity contribution in [3.8, 4) is 5.75 Å². The predicted octanol–water partition coefficient (Wildman–Crippen LogP) is 4.02. The van der Waals surface area contributed by atoms with Crippen LogP contribution in [0.5, 0.6) is 5.75 Å². The molecule has 1 aliphatic carbocycles. The Morgan fingerprint density at radius 1 is 1.28 bits per heavy atom. The van der Waals surface area contributed by atoms with Crippen LogP contribution in [0.3, 0.4) is 0 Å². The molecule has 0 fully saturated rings. The van der Waals surface area contributed by atoms with Crippen molar-refractivity contribution in [1.82, 2.24) is 0 Å². The number of ketones is 1. The standard InChI is InChI=1S/C16H22O2/c1-12(2)5-4-10-18-14-9-8-13-6-3-7-16(17)15(13)11-14/h8-9,11-12H,3-7,10H2,1-2H3. The minimum Gasteiger partial charge on any atom is -0.494 e. The lowest BCUT2D eigenvalue weighted by molar-refractivity contribution is 0.0972. The van der Waals surface area contributed by atoms with Crippen LogP contribution in [0.15, 0.2) is 18.2 Å². The molecule has 0 aromatic heterocycles. The molecule has 1 aromatic carbocycles. The molecule has 0 N–H and O–H groups in total. The van der Waals surface area contributed by atoms with Crippen molar-refractivity contribution in [3.63, 3.8) is 0 Å². The quantitative estimate of drug-likeness (QED) is 0.733. The molecule has 2 heteroatoms. The number of hydrogen-bond donors (Lipinski definition) is 0. The molecule has 1 aliphatic rings. The number of rotatable bonds is 5. The maximum atomic E-state index is 11.8. The number of benzene rings is 1. The summed E-state index contributed by atoms with van der Waals surface area (Å²) in [5.41, 5.74) is 2.06. The van der Waals surface area contributed by atoms with Crippen molar-refractivity contribution in [3.05, 3.63) is 29.3 Å². The monoisotopic (exact) mass is 246 g/mol. The van der Waals surface area contributed by atoms with Crippen LogP contribution >= 0.6 is 0 Å². The molecule has 0 amide bonds. The number of carbonyl (C=O) groups is 1. The Bertz CT molecular complexity index is 421. The summed E-state index contributed by atoms with van der Waals surface area (Å²) in [6.07, 6.45) is 4.95. The zero-order chi connectivity index (χ0) is 13.0. The summed E-state index contributed by atoms with van der Waals surface area (Å²) in [4.78, 5) is 11.8. The average molecular weight is 246 g/mol. The van der Waals surface area contributed by atoms with Crippen molar-refractivity contribution in [2.24, 2.45) is 5.92 Å². The zero-order valence-corrected chi connectivity index (χ0v) is 11.4. The molecule has 0 saturated carbocycles. The van der Waals surface area contributed by atoms with Crippen LogP contribution in [-0.4, -0.2) is 12.4 Å². The first-order valence-corrected chi connectivity index (χ1v) is 6.96. The van der Waals surface area contributed by atoms with E-state index in [4.69, 9.17) is 4.74 Å². The van der Waals surface area contributed by atoms with Crippen LogP contribution in [0, 0.1) is 5.92 Å². The highest BCUT2D eigenvalue weighted by molar-refractivity contribution is 5.98. The first-order valence-electron chi connectivity index (χ1n) is 6.96. The number of ether oxygens (including phenoxy) is 1. The SMILES string of the molecule is CC(C)CCCOc1ccc2c(c1)C(=O)CCC2. The van der Waals surface area contributed by atoms with E-state index in [1.807, 2.05) is 18.2 Å². The van der Waals surface area contributed by atoms with Gasteiger partial charge in [0.1, 0.15) is 5.75 Å².